The van der Waals surface area contributed by atoms with Gasteiger partial charge in [-0.05, 0) is 63.7 Å². The highest BCUT2D eigenvalue weighted by atomic mass is 16.5. The van der Waals surface area contributed by atoms with Crippen LogP contribution in [0.4, 0.5) is 0 Å². The van der Waals surface area contributed by atoms with Crippen LogP contribution < -0.4 is 9.47 Å². The molecule has 1 heterocycles. The quantitative estimate of drug-likeness (QED) is 0.733. The van der Waals surface area contributed by atoms with Crippen molar-refractivity contribution in [1.82, 2.24) is 4.90 Å². The maximum absolute atomic E-state index is 5.86. The van der Waals surface area contributed by atoms with E-state index in [0.717, 1.165) is 36.5 Å². The molecule has 0 radical (unpaired) electrons. The van der Waals surface area contributed by atoms with Gasteiger partial charge in [0.05, 0.1) is 20.3 Å². The molecule has 0 spiro atoms. The summed E-state index contributed by atoms with van der Waals surface area (Å²) in [7, 11) is 5.52. The zero-order chi connectivity index (χ0) is 19.4. The van der Waals surface area contributed by atoms with Crippen molar-refractivity contribution in [3.05, 3.63) is 24.3 Å². The molecule has 1 saturated heterocycles. The first-order valence-corrected chi connectivity index (χ1v) is 10.2. The highest BCUT2D eigenvalue weighted by Gasteiger charge is 2.37. The van der Waals surface area contributed by atoms with Crippen molar-refractivity contribution < 1.29 is 14.2 Å². The molecule has 3 unspecified atom stereocenters. The van der Waals surface area contributed by atoms with E-state index in [4.69, 9.17) is 14.2 Å². The Kier molecular flexibility index (Phi) is 11.4. The molecule has 0 N–H and O–H groups in total. The van der Waals surface area contributed by atoms with Crippen molar-refractivity contribution in [2.45, 2.75) is 65.0 Å². The van der Waals surface area contributed by atoms with Gasteiger partial charge in [-0.1, -0.05) is 32.9 Å². The number of rotatable bonds is 5. The Hall–Kier alpha value is -1.26. The van der Waals surface area contributed by atoms with Crippen molar-refractivity contribution in [2.24, 2.45) is 5.92 Å². The Morgan fingerprint density at radius 3 is 2.15 bits per heavy atom. The smallest absolute Gasteiger partial charge is 0.160 e. The van der Waals surface area contributed by atoms with Gasteiger partial charge in [0.25, 0.3) is 0 Å². The molecule has 3 atom stereocenters. The van der Waals surface area contributed by atoms with Crippen LogP contribution in [0.2, 0.25) is 0 Å². The Labute approximate surface area is 160 Å². The SMILES string of the molecule is CC.CCCOC1CCC2CCN(C)C2C1.COc1ccccc1OC. The normalized spacial score (nSPS) is 24.5. The van der Waals surface area contributed by atoms with Crippen LogP contribution in [0.5, 0.6) is 11.5 Å². The number of hydrogen-bond acceptors (Lipinski definition) is 4. The van der Waals surface area contributed by atoms with Gasteiger partial charge in [-0.2, -0.15) is 0 Å². The molecule has 2 fully saturated rings. The molecule has 1 aliphatic carbocycles. The van der Waals surface area contributed by atoms with Crippen LogP contribution in [0.15, 0.2) is 24.3 Å². The number of hydrogen-bond donors (Lipinski definition) is 0. The fraction of sp³-hybridized carbons (Fsp3) is 0.727. The first-order valence-electron chi connectivity index (χ1n) is 10.2. The van der Waals surface area contributed by atoms with Gasteiger partial charge in [0.1, 0.15) is 0 Å². The fourth-order valence-corrected chi connectivity index (χ4v) is 3.81. The second kappa shape index (κ2) is 13.0. The van der Waals surface area contributed by atoms with E-state index in [9.17, 15) is 0 Å². The lowest BCUT2D eigenvalue weighted by Crippen LogP contribution is -2.38. The number of likely N-dealkylation sites (tertiary alicyclic amines) is 1. The average molecular weight is 366 g/mol. The third-order valence-electron chi connectivity index (χ3n) is 5.17. The fourth-order valence-electron chi connectivity index (χ4n) is 3.81. The molecule has 150 valence electrons. The molecule has 26 heavy (non-hydrogen) atoms. The molecular formula is C22H39NO3. The minimum atomic E-state index is 0.553. The number of methoxy groups -OCH3 is 2. The summed E-state index contributed by atoms with van der Waals surface area (Å²) in [5.74, 6) is 2.51. The summed E-state index contributed by atoms with van der Waals surface area (Å²) in [5.41, 5.74) is 0. The molecule has 2 aliphatic rings. The van der Waals surface area contributed by atoms with Gasteiger partial charge in [-0.25, -0.2) is 0 Å². The molecule has 4 nitrogen and oxygen atoms in total. The van der Waals surface area contributed by atoms with E-state index in [1.807, 2.05) is 38.1 Å². The van der Waals surface area contributed by atoms with Crippen molar-refractivity contribution in [1.29, 1.82) is 0 Å². The van der Waals surface area contributed by atoms with Crippen LogP contribution in [0.1, 0.15) is 52.9 Å². The van der Waals surface area contributed by atoms with Gasteiger partial charge in [0.15, 0.2) is 11.5 Å². The lowest BCUT2D eigenvalue weighted by Gasteiger charge is -2.34. The summed E-state index contributed by atoms with van der Waals surface area (Å²) < 4.78 is 15.9. The van der Waals surface area contributed by atoms with Gasteiger partial charge in [-0.3, -0.25) is 0 Å². The monoisotopic (exact) mass is 365 g/mol. The Morgan fingerprint density at radius 2 is 1.62 bits per heavy atom. The Balaban J connectivity index is 0.000000249. The molecule has 4 heteroatoms. The summed E-state index contributed by atoms with van der Waals surface area (Å²) in [6, 6.07) is 8.35. The summed E-state index contributed by atoms with van der Waals surface area (Å²) in [6.07, 6.45) is 7.10. The van der Waals surface area contributed by atoms with E-state index in [0.29, 0.717) is 6.10 Å². The van der Waals surface area contributed by atoms with Crippen LogP contribution in [-0.4, -0.2) is 51.5 Å². The zero-order valence-electron chi connectivity index (χ0n) is 17.7. The zero-order valence-corrected chi connectivity index (χ0v) is 17.7. The van der Waals surface area contributed by atoms with Gasteiger partial charge in [0.2, 0.25) is 0 Å². The minimum absolute atomic E-state index is 0.553. The third kappa shape index (κ3) is 6.81. The molecule has 0 bridgehead atoms. The Morgan fingerprint density at radius 1 is 1.00 bits per heavy atom. The topological polar surface area (TPSA) is 30.9 Å². The summed E-state index contributed by atoms with van der Waals surface area (Å²) in [5, 5.41) is 0. The Bertz CT molecular complexity index is 457. The van der Waals surface area contributed by atoms with Crippen LogP contribution >= 0.6 is 0 Å². The molecule has 0 amide bonds. The lowest BCUT2D eigenvalue weighted by atomic mass is 9.83. The maximum Gasteiger partial charge on any atom is 0.160 e. The van der Waals surface area contributed by atoms with Gasteiger partial charge < -0.3 is 19.1 Å². The standard InChI is InChI=1S/C12H23NO.C8H10O2.C2H6/c1-3-8-14-11-5-4-10-6-7-13(2)12(10)9-11;1-9-7-5-3-4-6-8(7)10-2;1-2/h10-12H,3-9H2,1-2H3;3-6H,1-2H3;1-2H3. The summed E-state index contributed by atoms with van der Waals surface area (Å²) in [4.78, 5) is 2.53. The molecule has 1 aromatic rings. The maximum atomic E-state index is 5.86. The first-order chi connectivity index (χ1) is 12.7. The number of fused-ring (bicyclic) bond motifs is 1. The molecule has 0 aromatic heterocycles. The second-order valence-electron chi connectivity index (χ2n) is 6.76. The van der Waals surface area contributed by atoms with Crippen LogP contribution in [0.25, 0.3) is 0 Å². The first kappa shape index (κ1) is 22.8. The van der Waals surface area contributed by atoms with Crippen LogP contribution in [0, 0.1) is 5.92 Å². The molecule has 1 aliphatic heterocycles. The van der Waals surface area contributed by atoms with Gasteiger partial charge >= 0.3 is 0 Å². The van der Waals surface area contributed by atoms with E-state index in [1.54, 1.807) is 14.2 Å². The largest absolute Gasteiger partial charge is 0.493 e. The van der Waals surface area contributed by atoms with Crippen molar-refractivity contribution in [3.8, 4) is 11.5 Å². The number of benzene rings is 1. The highest BCUT2D eigenvalue weighted by Crippen LogP contribution is 2.36. The predicted molar refractivity (Wildman–Crippen MR) is 109 cm³/mol. The average Bonchev–Trinajstić information content (AvgIpc) is 3.08. The van der Waals surface area contributed by atoms with Gasteiger partial charge in [-0.15, -0.1) is 0 Å². The lowest BCUT2D eigenvalue weighted by molar-refractivity contribution is 0.000327. The summed E-state index contributed by atoms with van der Waals surface area (Å²) >= 11 is 0. The van der Waals surface area contributed by atoms with Crippen LogP contribution in [0.3, 0.4) is 0 Å². The van der Waals surface area contributed by atoms with Crippen molar-refractivity contribution >= 4 is 0 Å². The van der Waals surface area contributed by atoms with E-state index in [-0.39, 0.29) is 0 Å². The van der Waals surface area contributed by atoms with Gasteiger partial charge in [0, 0.05) is 12.6 Å². The van der Waals surface area contributed by atoms with Crippen molar-refractivity contribution in [3.63, 3.8) is 0 Å². The van der Waals surface area contributed by atoms with Crippen LogP contribution in [-0.2, 0) is 4.74 Å². The molecule has 1 aromatic carbocycles. The van der Waals surface area contributed by atoms with E-state index < -0.39 is 0 Å². The minimum Gasteiger partial charge on any atom is -0.493 e. The molecule has 3 rings (SSSR count). The number of para-hydroxylation sites is 2. The van der Waals surface area contributed by atoms with E-state index >= 15 is 0 Å². The number of nitrogens with zero attached hydrogens (tertiary/aromatic N) is 1. The van der Waals surface area contributed by atoms with E-state index in [1.165, 1.54) is 32.2 Å². The number of ether oxygens (including phenoxy) is 3. The molecule has 1 saturated carbocycles. The third-order valence-corrected chi connectivity index (χ3v) is 5.17. The second-order valence-corrected chi connectivity index (χ2v) is 6.76. The highest BCUT2D eigenvalue weighted by molar-refractivity contribution is 5.39. The summed E-state index contributed by atoms with van der Waals surface area (Å²) in [6.45, 7) is 8.44. The predicted octanol–water partition coefficient (Wildman–Crippen LogP) is 5.02. The van der Waals surface area contributed by atoms with E-state index in [2.05, 4.69) is 18.9 Å². The van der Waals surface area contributed by atoms with Crippen molar-refractivity contribution in [2.75, 3.05) is 34.4 Å². The molecular weight excluding hydrogens is 326 g/mol.